The predicted molar refractivity (Wildman–Crippen MR) is 80.7 cm³/mol. The summed E-state index contributed by atoms with van der Waals surface area (Å²) in [5, 5.41) is 3.66. The van der Waals surface area contributed by atoms with Crippen LogP contribution in [0.2, 0.25) is 0 Å². The first kappa shape index (κ1) is 16.0. The monoisotopic (exact) mass is 254 g/mol. The maximum Gasteiger partial charge on any atom is 0.000252 e. The number of nitrogens with one attached hydrogen (secondary N) is 1. The molecule has 3 N–H and O–H groups in total. The van der Waals surface area contributed by atoms with Crippen LogP contribution in [0, 0.1) is 10.8 Å². The normalized spacial score (nSPS) is 18.7. The number of hydrogen-bond donors (Lipinski definition) is 2. The van der Waals surface area contributed by atoms with Crippen LogP contribution in [0.3, 0.4) is 0 Å². The van der Waals surface area contributed by atoms with Gasteiger partial charge in [0.05, 0.1) is 0 Å². The highest BCUT2D eigenvalue weighted by Crippen LogP contribution is 2.42. The van der Waals surface area contributed by atoms with E-state index in [0.717, 1.165) is 19.6 Å². The lowest BCUT2D eigenvalue weighted by atomic mass is 9.67. The number of nitrogens with two attached hydrogens (primary N) is 1. The lowest BCUT2D eigenvalue weighted by Crippen LogP contribution is -2.40. The summed E-state index contributed by atoms with van der Waals surface area (Å²) in [5.41, 5.74) is 6.84. The Labute approximate surface area is 114 Å². The van der Waals surface area contributed by atoms with Crippen molar-refractivity contribution >= 4 is 0 Å². The van der Waals surface area contributed by atoms with E-state index in [4.69, 9.17) is 5.73 Å². The van der Waals surface area contributed by atoms with Crippen molar-refractivity contribution in [3.05, 3.63) is 0 Å². The van der Waals surface area contributed by atoms with Gasteiger partial charge >= 0.3 is 0 Å². The minimum absolute atomic E-state index is 0.449. The average molecular weight is 254 g/mol. The lowest BCUT2D eigenvalue weighted by Gasteiger charge is -2.41. The van der Waals surface area contributed by atoms with Gasteiger partial charge < -0.3 is 11.1 Å². The van der Waals surface area contributed by atoms with Gasteiger partial charge in [0, 0.05) is 6.54 Å². The highest BCUT2D eigenvalue weighted by molar-refractivity contribution is 4.89. The Kier molecular flexibility index (Phi) is 6.65. The van der Waals surface area contributed by atoms with Gasteiger partial charge in [0.25, 0.3) is 0 Å². The van der Waals surface area contributed by atoms with Crippen LogP contribution in [0.1, 0.15) is 72.1 Å². The van der Waals surface area contributed by atoms with Crippen LogP contribution in [0.4, 0.5) is 0 Å². The minimum atomic E-state index is 0.449. The zero-order valence-corrected chi connectivity index (χ0v) is 12.9. The molecule has 0 spiro atoms. The van der Waals surface area contributed by atoms with Crippen LogP contribution < -0.4 is 11.1 Å². The number of rotatable bonds is 10. The Bertz CT molecular complexity index is 214. The number of hydrogen-bond acceptors (Lipinski definition) is 2. The topological polar surface area (TPSA) is 38.0 Å². The molecule has 2 nitrogen and oxygen atoms in total. The van der Waals surface area contributed by atoms with E-state index in [0.29, 0.717) is 10.8 Å². The van der Waals surface area contributed by atoms with Crippen LogP contribution in [0.15, 0.2) is 0 Å². The summed E-state index contributed by atoms with van der Waals surface area (Å²) < 4.78 is 0. The second-order valence-electron chi connectivity index (χ2n) is 7.11. The third-order valence-corrected chi connectivity index (χ3v) is 4.74. The summed E-state index contributed by atoms with van der Waals surface area (Å²) in [6.07, 6.45) is 10.8. The molecule has 0 aromatic heterocycles. The molecule has 0 aromatic rings. The standard InChI is InChI=1S/C16H34N2/c1-4-5-6-8-15(2,3)14-18-12-11-16(13-17)9-7-10-16/h18H,4-14,17H2,1-3H3. The van der Waals surface area contributed by atoms with E-state index >= 15 is 0 Å². The van der Waals surface area contributed by atoms with Gasteiger partial charge in [-0.3, -0.25) is 0 Å². The Hall–Kier alpha value is -0.0800. The summed E-state index contributed by atoms with van der Waals surface area (Å²) in [7, 11) is 0. The maximum absolute atomic E-state index is 5.89. The highest BCUT2D eigenvalue weighted by atomic mass is 14.9. The van der Waals surface area contributed by atoms with Gasteiger partial charge in [0.1, 0.15) is 0 Å². The average Bonchev–Trinajstić information content (AvgIpc) is 2.27. The van der Waals surface area contributed by atoms with Crippen LogP contribution in [0.25, 0.3) is 0 Å². The molecule has 0 bridgehead atoms. The quantitative estimate of drug-likeness (QED) is 0.583. The van der Waals surface area contributed by atoms with Crippen LogP contribution in [-0.4, -0.2) is 19.6 Å². The number of unbranched alkanes of at least 4 members (excludes halogenated alkanes) is 2. The van der Waals surface area contributed by atoms with E-state index in [1.807, 2.05) is 0 Å². The van der Waals surface area contributed by atoms with Crippen molar-refractivity contribution in [2.45, 2.75) is 72.1 Å². The molecule has 0 heterocycles. The van der Waals surface area contributed by atoms with E-state index in [2.05, 4.69) is 26.1 Å². The summed E-state index contributed by atoms with van der Waals surface area (Å²) in [6.45, 7) is 10.2. The first-order valence-corrected chi connectivity index (χ1v) is 7.94. The first-order chi connectivity index (χ1) is 8.54. The molecule has 0 aliphatic heterocycles. The summed E-state index contributed by atoms with van der Waals surface area (Å²) >= 11 is 0. The fourth-order valence-corrected chi connectivity index (χ4v) is 2.96. The van der Waals surface area contributed by atoms with Gasteiger partial charge in [-0.05, 0) is 49.6 Å². The fraction of sp³-hybridized carbons (Fsp3) is 1.00. The molecule has 18 heavy (non-hydrogen) atoms. The first-order valence-electron chi connectivity index (χ1n) is 7.94. The van der Waals surface area contributed by atoms with E-state index in [9.17, 15) is 0 Å². The van der Waals surface area contributed by atoms with Crippen molar-refractivity contribution in [3.63, 3.8) is 0 Å². The highest BCUT2D eigenvalue weighted by Gasteiger charge is 2.34. The molecule has 0 unspecified atom stereocenters. The summed E-state index contributed by atoms with van der Waals surface area (Å²) in [6, 6.07) is 0. The van der Waals surface area contributed by atoms with E-state index in [1.165, 1.54) is 51.4 Å². The van der Waals surface area contributed by atoms with Crippen LogP contribution >= 0.6 is 0 Å². The molecular formula is C16H34N2. The zero-order valence-electron chi connectivity index (χ0n) is 12.9. The van der Waals surface area contributed by atoms with Crippen molar-refractivity contribution in [1.29, 1.82) is 0 Å². The summed E-state index contributed by atoms with van der Waals surface area (Å²) in [4.78, 5) is 0. The van der Waals surface area contributed by atoms with Crippen LogP contribution in [0.5, 0.6) is 0 Å². The van der Waals surface area contributed by atoms with Gasteiger partial charge in [-0.2, -0.15) is 0 Å². The Morgan fingerprint density at radius 2 is 1.94 bits per heavy atom. The third-order valence-electron chi connectivity index (χ3n) is 4.74. The third kappa shape index (κ3) is 5.27. The van der Waals surface area contributed by atoms with Gasteiger partial charge in [0.15, 0.2) is 0 Å². The Balaban J connectivity index is 2.08. The largest absolute Gasteiger partial charge is 0.330 e. The van der Waals surface area contributed by atoms with Crippen molar-refractivity contribution in [2.75, 3.05) is 19.6 Å². The van der Waals surface area contributed by atoms with E-state index in [1.54, 1.807) is 0 Å². The second-order valence-corrected chi connectivity index (χ2v) is 7.11. The molecule has 1 saturated carbocycles. The molecule has 0 amide bonds. The fourth-order valence-electron chi connectivity index (χ4n) is 2.96. The molecule has 108 valence electrons. The Morgan fingerprint density at radius 3 is 2.44 bits per heavy atom. The summed E-state index contributed by atoms with van der Waals surface area (Å²) in [5.74, 6) is 0. The van der Waals surface area contributed by atoms with Crippen molar-refractivity contribution < 1.29 is 0 Å². The molecule has 0 aromatic carbocycles. The van der Waals surface area contributed by atoms with Crippen LogP contribution in [-0.2, 0) is 0 Å². The van der Waals surface area contributed by atoms with E-state index < -0.39 is 0 Å². The predicted octanol–water partition coefficient (Wildman–Crippen LogP) is 3.70. The SMILES string of the molecule is CCCCCC(C)(C)CNCCC1(CN)CCC1. The molecule has 0 atom stereocenters. The minimum Gasteiger partial charge on any atom is -0.330 e. The molecule has 1 fully saturated rings. The van der Waals surface area contributed by atoms with Gasteiger partial charge in [-0.1, -0.05) is 46.5 Å². The van der Waals surface area contributed by atoms with E-state index in [-0.39, 0.29) is 0 Å². The zero-order chi connectivity index (χ0) is 13.5. The molecule has 1 aliphatic rings. The molecule has 1 aliphatic carbocycles. The van der Waals surface area contributed by atoms with Gasteiger partial charge in [0.2, 0.25) is 0 Å². The van der Waals surface area contributed by atoms with Gasteiger partial charge in [-0.15, -0.1) is 0 Å². The second kappa shape index (κ2) is 7.49. The molecular weight excluding hydrogens is 220 g/mol. The van der Waals surface area contributed by atoms with Crippen molar-refractivity contribution in [2.24, 2.45) is 16.6 Å². The smallest absolute Gasteiger partial charge is 0.000252 e. The van der Waals surface area contributed by atoms with Crippen molar-refractivity contribution in [3.8, 4) is 0 Å². The van der Waals surface area contributed by atoms with Crippen molar-refractivity contribution in [1.82, 2.24) is 5.32 Å². The Morgan fingerprint density at radius 1 is 1.22 bits per heavy atom. The molecule has 2 heteroatoms. The maximum atomic E-state index is 5.89. The molecule has 1 rings (SSSR count). The molecule has 0 saturated heterocycles. The van der Waals surface area contributed by atoms with Gasteiger partial charge in [-0.25, -0.2) is 0 Å². The lowest BCUT2D eigenvalue weighted by molar-refractivity contribution is 0.128. The molecule has 0 radical (unpaired) electrons.